The summed E-state index contributed by atoms with van der Waals surface area (Å²) in [5, 5.41) is 10.4. The molecular formula is C7H3F2IN2O3. The van der Waals surface area contributed by atoms with E-state index in [1.54, 1.807) is 22.6 Å². The summed E-state index contributed by atoms with van der Waals surface area (Å²) in [5.41, 5.74) is -0.931. The number of hydrogen-bond donors (Lipinski definition) is 0. The number of nitro groups is 1. The molecule has 0 radical (unpaired) electrons. The van der Waals surface area contributed by atoms with Crippen molar-refractivity contribution in [2.75, 3.05) is 0 Å². The van der Waals surface area contributed by atoms with Gasteiger partial charge < -0.3 is 10.1 Å². The van der Waals surface area contributed by atoms with Crippen LogP contribution in [0.4, 0.5) is 14.6 Å². The van der Waals surface area contributed by atoms with Gasteiger partial charge in [0.1, 0.15) is 5.56 Å². The predicted octanol–water partition coefficient (Wildman–Crippen LogP) is 2.34. The number of alkyl halides is 2. The van der Waals surface area contributed by atoms with Crippen LogP contribution in [0.5, 0.6) is 0 Å². The van der Waals surface area contributed by atoms with Crippen LogP contribution in [-0.2, 0) is 0 Å². The van der Waals surface area contributed by atoms with Crippen LogP contribution in [0.15, 0.2) is 6.07 Å². The van der Waals surface area contributed by atoms with Crippen molar-refractivity contribution in [3.05, 3.63) is 31.0 Å². The highest BCUT2D eigenvalue weighted by Gasteiger charge is 2.26. The van der Waals surface area contributed by atoms with E-state index in [-0.39, 0.29) is 9.26 Å². The van der Waals surface area contributed by atoms with E-state index >= 15 is 0 Å². The number of carbonyl (C=O) groups is 1. The minimum atomic E-state index is -3.03. The molecule has 0 aromatic carbocycles. The zero-order valence-electron chi connectivity index (χ0n) is 6.99. The number of halogens is 3. The highest BCUT2D eigenvalue weighted by molar-refractivity contribution is 14.1. The molecule has 0 aliphatic carbocycles. The highest BCUT2D eigenvalue weighted by Crippen LogP contribution is 2.29. The molecule has 0 fully saturated rings. The van der Waals surface area contributed by atoms with Crippen molar-refractivity contribution in [1.82, 2.24) is 4.98 Å². The summed E-state index contributed by atoms with van der Waals surface area (Å²) in [5.74, 6) is -0.917. The van der Waals surface area contributed by atoms with Gasteiger partial charge in [0.2, 0.25) is 3.70 Å². The van der Waals surface area contributed by atoms with E-state index < -0.39 is 22.7 Å². The van der Waals surface area contributed by atoms with Gasteiger partial charge in [-0.15, -0.1) is 0 Å². The first-order valence-corrected chi connectivity index (χ1v) is 4.63. The van der Waals surface area contributed by atoms with Gasteiger partial charge in [0.25, 0.3) is 6.43 Å². The lowest BCUT2D eigenvalue weighted by Gasteiger charge is -2.02. The molecule has 80 valence electrons. The Balaban J connectivity index is 3.45. The number of aldehydes is 1. The second-order valence-electron chi connectivity index (χ2n) is 2.46. The van der Waals surface area contributed by atoms with Crippen molar-refractivity contribution < 1.29 is 18.5 Å². The third-order valence-electron chi connectivity index (χ3n) is 1.55. The maximum atomic E-state index is 12.4. The van der Waals surface area contributed by atoms with Gasteiger partial charge in [-0.1, -0.05) is 0 Å². The molecule has 0 amide bonds. The number of pyridine rings is 1. The molecule has 1 aromatic rings. The van der Waals surface area contributed by atoms with Crippen molar-refractivity contribution in [2.45, 2.75) is 6.43 Å². The van der Waals surface area contributed by atoms with Crippen LogP contribution in [0.1, 0.15) is 22.3 Å². The molecule has 0 atom stereocenters. The van der Waals surface area contributed by atoms with E-state index in [0.717, 1.165) is 6.07 Å². The Morgan fingerprint density at radius 1 is 1.60 bits per heavy atom. The second-order valence-corrected chi connectivity index (χ2v) is 3.48. The van der Waals surface area contributed by atoms with Gasteiger partial charge >= 0.3 is 5.82 Å². The molecule has 0 bridgehead atoms. The molecule has 0 aliphatic heterocycles. The molecule has 0 aliphatic rings. The van der Waals surface area contributed by atoms with Crippen molar-refractivity contribution in [1.29, 1.82) is 0 Å². The number of hydrogen-bond acceptors (Lipinski definition) is 4. The zero-order chi connectivity index (χ0) is 11.6. The minimum absolute atomic E-state index is 0.0266. The minimum Gasteiger partial charge on any atom is -0.358 e. The molecule has 5 nitrogen and oxygen atoms in total. The average Bonchev–Trinajstić information content (AvgIpc) is 2.16. The summed E-state index contributed by atoms with van der Waals surface area (Å²) in [4.78, 5) is 23.2. The normalized spacial score (nSPS) is 10.4. The van der Waals surface area contributed by atoms with Crippen molar-refractivity contribution in [3.63, 3.8) is 0 Å². The fourth-order valence-electron chi connectivity index (χ4n) is 0.903. The van der Waals surface area contributed by atoms with Gasteiger partial charge in [0.05, 0.1) is 5.56 Å². The van der Waals surface area contributed by atoms with Gasteiger partial charge in [-0.2, -0.15) is 0 Å². The lowest BCUT2D eigenvalue weighted by Crippen LogP contribution is -2.03. The van der Waals surface area contributed by atoms with Crippen molar-refractivity contribution in [3.8, 4) is 0 Å². The lowest BCUT2D eigenvalue weighted by molar-refractivity contribution is -0.391. The van der Waals surface area contributed by atoms with E-state index in [0.29, 0.717) is 6.29 Å². The maximum absolute atomic E-state index is 12.4. The Labute approximate surface area is 95.8 Å². The van der Waals surface area contributed by atoms with Crippen LogP contribution in [0, 0.1) is 13.8 Å². The molecule has 8 heteroatoms. The quantitative estimate of drug-likeness (QED) is 0.281. The first-order valence-electron chi connectivity index (χ1n) is 3.55. The Hall–Kier alpha value is -1.19. The topological polar surface area (TPSA) is 73.1 Å². The molecule has 0 spiro atoms. The van der Waals surface area contributed by atoms with E-state index in [1.807, 2.05) is 0 Å². The van der Waals surface area contributed by atoms with Crippen LogP contribution in [0.2, 0.25) is 0 Å². The Morgan fingerprint density at radius 3 is 2.60 bits per heavy atom. The SMILES string of the molecule is O=Cc1cc(C(F)F)c([N+](=O)[O-])nc1I. The number of aromatic nitrogens is 1. The first kappa shape index (κ1) is 11.9. The van der Waals surface area contributed by atoms with E-state index in [1.165, 1.54) is 0 Å². The van der Waals surface area contributed by atoms with Crippen molar-refractivity contribution >= 4 is 34.7 Å². The van der Waals surface area contributed by atoms with Gasteiger partial charge in [-0.3, -0.25) is 4.79 Å². The number of carbonyl (C=O) groups excluding carboxylic acids is 1. The van der Waals surface area contributed by atoms with Crippen LogP contribution >= 0.6 is 22.6 Å². The number of rotatable bonds is 3. The van der Waals surface area contributed by atoms with Crippen LogP contribution in [-0.4, -0.2) is 16.2 Å². The standard InChI is InChI=1S/C7H3F2IN2O3/c8-5(9)4-1-3(2-13)6(10)11-7(4)12(14)15/h1-2,5H. The first-order chi connectivity index (χ1) is 6.97. The zero-order valence-corrected chi connectivity index (χ0v) is 9.14. The summed E-state index contributed by atoms with van der Waals surface area (Å²) in [6, 6.07) is 0.782. The molecule has 0 saturated heterocycles. The fraction of sp³-hybridized carbons (Fsp3) is 0.143. The van der Waals surface area contributed by atoms with Gasteiger partial charge in [0, 0.05) is 22.6 Å². The third kappa shape index (κ3) is 2.43. The summed E-state index contributed by atoms with van der Waals surface area (Å²) in [6.07, 6.45) is -2.71. The fourth-order valence-corrected chi connectivity index (χ4v) is 1.41. The molecule has 15 heavy (non-hydrogen) atoms. The molecular weight excluding hydrogens is 325 g/mol. The number of nitrogens with zero attached hydrogens (tertiary/aromatic N) is 2. The van der Waals surface area contributed by atoms with Gasteiger partial charge in [-0.05, 0) is 16.0 Å². The smallest absolute Gasteiger partial charge is 0.358 e. The van der Waals surface area contributed by atoms with E-state index in [9.17, 15) is 23.7 Å². The predicted molar refractivity (Wildman–Crippen MR) is 54.0 cm³/mol. The molecule has 1 aromatic heterocycles. The Bertz CT molecular complexity index is 425. The van der Waals surface area contributed by atoms with Crippen LogP contribution in [0.25, 0.3) is 0 Å². The van der Waals surface area contributed by atoms with Gasteiger partial charge in [-0.25, -0.2) is 8.78 Å². The summed E-state index contributed by atoms with van der Waals surface area (Å²) < 4.78 is 24.8. The Kier molecular flexibility index (Phi) is 3.61. The Morgan fingerprint density at radius 2 is 2.20 bits per heavy atom. The highest BCUT2D eigenvalue weighted by atomic mass is 127. The summed E-state index contributed by atoms with van der Waals surface area (Å²) in [7, 11) is 0. The van der Waals surface area contributed by atoms with Gasteiger partial charge in [0.15, 0.2) is 6.29 Å². The molecule has 1 heterocycles. The summed E-state index contributed by atoms with van der Waals surface area (Å²) in [6.45, 7) is 0. The molecule has 1 rings (SSSR count). The van der Waals surface area contributed by atoms with E-state index in [2.05, 4.69) is 4.98 Å². The second kappa shape index (κ2) is 4.55. The molecule has 0 N–H and O–H groups in total. The van der Waals surface area contributed by atoms with Crippen LogP contribution in [0.3, 0.4) is 0 Å². The van der Waals surface area contributed by atoms with E-state index in [4.69, 9.17) is 0 Å². The molecule has 0 saturated carbocycles. The maximum Gasteiger partial charge on any atom is 0.373 e. The molecule has 0 unspecified atom stereocenters. The lowest BCUT2D eigenvalue weighted by atomic mass is 10.2. The summed E-state index contributed by atoms with van der Waals surface area (Å²) >= 11 is 1.57. The average molecular weight is 328 g/mol. The monoisotopic (exact) mass is 328 g/mol. The van der Waals surface area contributed by atoms with Crippen LogP contribution < -0.4 is 0 Å². The third-order valence-corrected chi connectivity index (χ3v) is 2.41. The van der Waals surface area contributed by atoms with Crippen molar-refractivity contribution in [2.24, 2.45) is 0 Å². The largest absolute Gasteiger partial charge is 0.373 e.